The molecule has 1 saturated heterocycles. The first-order chi connectivity index (χ1) is 16.5. The second-order valence-corrected chi connectivity index (χ2v) is 10.9. The summed E-state index contributed by atoms with van der Waals surface area (Å²) in [6, 6.07) is 5.98. The Morgan fingerprint density at radius 2 is 1.89 bits per heavy atom. The van der Waals surface area contributed by atoms with Gasteiger partial charge in [-0.15, -0.1) is 0 Å². The zero-order valence-electron chi connectivity index (χ0n) is 21.7. The van der Waals surface area contributed by atoms with Crippen LogP contribution in [0.3, 0.4) is 0 Å². The normalized spacial score (nSPS) is 33.2. The van der Waals surface area contributed by atoms with Crippen molar-refractivity contribution in [3.8, 4) is 0 Å². The van der Waals surface area contributed by atoms with Gasteiger partial charge in [0.25, 0.3) is 0 Å². The number of hydrogen-bond acceptors (Lipinski definition) is 6. The van der Waals surface area contributed by atoms with E-state index in [2.05, 4.69) is 4.98 Å². The number of Topliss-reactive ketones (excluding diaryl/α,β-unsaturated/α-hetero) is 1. The molecule has 0 amide bonds. The number of nitrogens with zero attached hydrogens (tertiary/aromatic N) is 2. The lowest BCUT2D eigenvalue weighted by atomic mass is 9.76. The number of hydrogen-bond donors (Lipinski definition) is 1. The molecule has 0 bridgehead atoms. The lowest BCUT2D eigenvalue weighted by Crippen LogP contribution is -2.38. The van der Waals surface area contributed by atoms with E-state index in [1.807, 2.05) is 43.7 Å². The molecular weight excluding hydrogens is 444 g/mol. The Hall–Kier alpha value is -2.51. The van der Waals surface area contributed by atoms with Crippen LogP contribution in [0.2, 0.25) is 0 Å². The predicted molar refractivity (Wildman–Crippen MR) is 134 cm³/mol. The molecule has 1 fully saturated rings. The summed E-state index contributed by atoms with van der Waals surface area (Å²) in [6.07, 6.45) is 5.09. The van der Waals surface area contributed by atoms with Crippen molar-refractivity contribution in [2.24, 2.45) is 24.3 Å². The molecule has 2 aliphatic heterocycles. The molecule has 0 spiro atoms. The number of aliphatic hydroxyl groups excluding tert-OH is 1. The van der Waals surface area contributed by atoms with Crippen molar-refractivity contribution in [1.82, 2.24) is 9.55 Å². The number of benzene rings is 1. The minimum Gasteiger partial charge on any atom is -0.454 e. The number of carbonyl (C=O) groups excluding carboxylic acids is 2. The fourth-order valence-corrected chi connectivity index (χ4v) is 5.23. The van der Waals surface area contributed by atoms with Crippen LogP contribution in [0.5, 0.6) is 0 Å². The quantitative estimate of drug-likeness (QED) is 0.472. The largest absolute Gasteiger partial charge is 0.454 e. The molecule has 1 aromatic carbocycles. The molecule has 7 heteroatoms. The summed E-state index contributed by atoms with van der Waals surface area (Å²) in [5.74, 6) is -0.198. The van der Waals surface area contributed by atoms with E-state index in [-0.39, 0.29) is 23.9 Å². The minimum atomic E-state index is -0.902. The number of aromatic nitrogens is 2. The standard InChI is InChI=1S/C28H38N2O5/c1-16-8-7-9-22-24(34-22)15-23(19-10-11-21-20(14-19)29-18(3)30(21)6)35-25(31)12-13-28(4,5)27(33)17(2)26(16)32/h10-14,16-17,22-24,26,32H,7-9,15H2,1-6H3/b13-12+/t16-,17+,22-,23-,24-,26-/m0/s1. The first kappa shape index (κ1) is 25.6. The molecule has 0 radical (unpaired) electrons. The number of allylic oxidation sites excluding steroid dienone is 1. The van der Waals surface area contributed by atoms with Gasteiger partial charge >= 0.3 is 5.97 Å². The summed E-state index contributed by atoms with van der Waals surface area (Å²) in [5.41, 5.74) is 1.87. The molecule has 6 atom stereocenters. The molecule has 1 aromatic heterocycles. The number of imidazole rings is 1. The van der Waals surface area contributed by atoms with Gasteiger partial charge in [0.15, 0.2) is 0 Å². The van der Waals surface area contributed by atoms with Crippen LogP contribution in [0.15, 0.2) is 30.4 Å². The maximum Gasteiger partial charge on any atom is 0.331 e. The number of esters is 1. The summed E-state index contributed by atoms with van der Waals surface area (Å²) in [4.78, 5) is 30.6. The van der Waals surface area contributed by atoms with Crippen molar-refractivity contribution in [2.45, 2.75) is 84.7 Å². The van der Waals surface area contributed by atoms with Gasteiger partial charge in [0.05, 0.1) is 29.3 Å². The van der Waals surface area contributed by atoms with E-state index in [1.165, 1.54) is 6.08 Å². The summed E-state index contributed by atoms with van der Waals surface area (Å²) < 4.78 is 13.9. The van der Waals surface area contributed by atoms with Gasteiger partial charge in [0.1, 0.15) is 17.7 Å². The van der Waals surface area contributed by atoms with Crippen LogP contribution < -0.4 is 0 Å². The van der Waals surface area contributed by atoms with Crippen LogP contribution in [0.4, 0.5) is 0 Å². The van der Waals surface area contributed by atoms with Gasteiger partial charge in [-0.3, -0.25) is 4.79 Å². The molecule has 190 valence electrons. The van der Waals surface area contributed by atoms with Crippen LogP contribution in [0.25, 0.3) is 11.0 Å². The second kappa shape index (κ2) is 9.86. The Labute approximate surface area is 207 Å². The average Bonchev–Trinajstić information content (AvgIpc) is 3.50. The van der Waals surface area contributed by atoms with Crippen molar-refractivity contribution in [2.75, 3.05) is 0 Å². The highest BCUT2D eigenvalue weighted by Gasteiger charge is 2.41. The van der Waals surface area contributed by atoms with Crippen LogP contribution in [0, 0.1) is 24.2 Å². The summed E-state index contributed by atoms with van der Waals surface area (Å²) in [6.45, 7) is 9.27. The molecule has 0 unspecified atom stereocenters. The summed E-state index contributed by atoms with van der Waals surface area (Å²) in [7, 11) is 1.98. The van der Waals surface area contributed by atoms with Crippen LogP contribution in [-0.2, 0) is 26.1 Å². The number of carbonyl (C=O) groups is 2. The molecule has 35 heavy (non-hydrogen) atoms. The third kappa shape index (κ3) is 5.51. The number of rotatable bonds is 1. The molecule has 4 rings (SSSR count). The van der Waals surface area contributed by atoms with Crippen LogP contribution in [-0.4, -0.2) is 44.7 Å². The Kier molecular flexibility index (Phi) is 7.21. The number of aryl methyl sites for hydroxylation is 2. The lowest BCUT2D eigenvalue weighted by molar-refractivity contribution is -0.144. The monoisotopic (exact) mass is 482 g/mol. The molecule has 1 N–H and O–H groups in total. The van der Waals surface area contributed by atoms with E-state index < -0.39 is 29.5 Å². The Balaban J connectivity index is 1.61. The van der Waals surface area contributed by atoms with E-state index in [0.717, 1.165) is 41.7 Å². The molecule has 2 aliphatic rings. The number of ketones is 1. The van der Waals surface area contributed by atoms with E-state index in [0.29, 0.717) is 6.42 Å². The zero-order chi connectivity index (χ0) is 25.5. The molecule has 0 aliphatic carbocycles. The maximum absolute atomic E-state index is 13.1. The maximum atomic E-state index is 13.1. The van der Waals surface area contributed by atoms with Gasteiger partial charge in [-0.2, -0.15) is 0 Å². The summed E-state index contributed by atoms with van der Waals surface area (Å²) >= 11 is 0. The SMILES string of the molecule is Cc1nc2cc([C@@H]3C[C@@H]4O[C@H]4CCC[C@H](C)[C@H](O)[C@@H](C)C(=O)C(C)(C)/C=C/C(=O)O3)ccc2n1C. The summed E-state index contributed by atoms with van der Waals surface area (Å²) in [5, 5.41) is 10.8. The predicted octanol–water partition coefficient (Wildman–Crippen LogP) is 4.59. The van der Waals surface area contributed by atoms with E-state index in [4.69, 9.17) is 9.47 Å². The Morgan fingerprint density at radius 1 is 1.14 bits per heavy atom. The smallest absolute Gasteiger partial charge is 0.331 e. The van der Waals surface area contributed by atoms with Gasteiger partial charge < -0.3 is 19.1 Å². The fraction of sp³-hybridized carbons (Fsp3) is 0.607. The first-order valence-corrected chi connectivity index (χ1v) is 12.7. The zero-order valence-corrected chi connectivity index (χ0v) is 21.7. The fourth-order valence-electron chi connectivity index (χ4n) is 5.23. The third-order valence-corrected chi connectivity index (χ3v) is 7.82. The van der Waals surface area contributed by atoms with Gasteiger partial charge in [0.2, 0.25) is 0 Å². The molecule has 3 heterocycles. The van der Waals surface area contributed by atoms with E-state index in [9.17, 15) is 14.7 Å². The number of aliphatic hydroxyl groups is 1. The van der Waals surface area contributed by atoms with Crippen LogP contribution in [0.1, 0.15) is 70.9 Å². The number of epoxide rings is 1. The molecule has 0 saturated carbocycles. The van der Waals surface area contributed by atoms with Gasteiger partial charge in [0, 0.05) is 30.9 Å². The highest BCUT2D eigenvalue weighted by Crippen LogP contribution is 2.38. The molecule has 7 nitrogen and oxygen atoms in total. The van der Waals surface area contributed by atoms with Crippen molar-refractivity contribution in [1.29, 1.82) is 0 Å². The van der Waals surface area contributed by atoms with Gasteiger partial charge in [-0.25, -0.2) is 9.78 Å². The van der Waals surface area contributed by atoms with Crippen molar-refractivity contribution in [3.63, 3.8) is 0 Å². The number of fused-ring (bicyclic) bond motifs is 2. The van der Waals surface area contributed by atoms with Crippen molar-refractivity contribution >= 4 is 22.8 Å². The Morgan fingerprint density at radius 3 is 2.63 bits per heavy atom. The van der Waals surface area contributed by atoms with Crippen molar-refractivity contribution < 1.29 is 24.2 Å². The average molecular weight is 483 g/mol. The Bertz CT molecular complexity index is 1130. The van der Waals surface area contributed by atoms with E-state index in [1.54, 1.807) is 26.8 Å². The molecule has 2 aromatic rings. The highest BCUT2D eigenvalue weighted by molar-refractivity contribution is 5.90. The van der Waals surface area contributed by atoms with Crippen molar-refractivity contribution in [3.05, 3.63) is 41.7 Å². The highest BCUT2D eigenvalue weighted by atomic mass is 16.6. The molecular formula is C28H38N2O5. The van der Waals surface area contributed by atoms with Gasteiger partial charge in [-0.1, -0.05) is 32.4 Å². The topological polar surface area (TPSA) is 94.0 Å². The number of cyclic esters (lactones) is 1. The van der Waals surface area contributed by atoms with Gasteiger partial charge in [-0.05, 0) is 57.2 Å². The first-order valence-electron chi connectivity index (χ1n) is 12.7. The third-order valence-electron chi connectivity index (χ3n) is 7.82. The number of ether oxygens (including phenoxy) is 2. The minimum absolute atomic E-state index is 0.00473. The lowest BCUT2D eigenvalue weighted by Gasteiger charge is -2.29. The van der Waals surface area contributed by atoms with E-state index >= 15 is 0 Å². The second-order valence-electron chi connectivity index (χ2n) is 10.9. The van der Waals surface area contributed by atoms with Crippen LogP contribution >= 0.6 is 0 Å².